The van der Waals surface area contributed by atoms with Crippen LogP contribution < -0.4 is 14.9 Å². The maximum atomic E-state index is 13.3. The largest absolute Gasteiger partial charge is 0.376 e. The predicted molar refractivity (Wildman–Crippen MR) is 123 cm³/mol. The maximum absolute atomic E-state index is 13.3. The van der Waals surface area contributed by atoms with Gasteiger partial charge in [0.2, 0.25) is 5.91 Å². The second-order valence-electron chi connectivity index (χ2n) is 7.71. The standard InChI is InChI=1S/C22H27FN4O5S/c1-26(2)33(30,31)27(17-11-9-16(23)10-12-17)15-21(28)25-20-8-4-3-7-19(20)22(29)24-14-18-6-5-13-32-18/h3-4,7-12,18H,5-6,13-15H2,1-2H3,(H,24,29)(H,25,28)/t18-/m1/s1. The summed E-state index contributed by atoms with van der Waals surface area (Å²) in [5.41, 5.74) is 0.615. The fourth-order valence-corrected chi connectivity index (χ4v) is 4.39. The maximum Gasteiger partial charge on any atom is 0.304 e. The van der Waals surface area contributed by atoms with E-state index in [0.29, 0.717) is 13.2 Å². The van der Waals surface area contributed by atoms with Crippen LogP contribution in [0.1, 0.15) is 23.2 Å². The fraction of sp³-hybridized carbons (Fsp3) is 0.364. The van der Waals surface area contributed by atoms with Crippen LogP contribution in [0.15, 0.2) is 48.5 Å². The summed E-state index contributed by atoms with van der Waals surface area (Å²) < 4.78 is 46.2. The van der Waals surface area contributed by atoms with Crippen LogP contribution in [0.5, 0.6) is 0 Å². The number of nitrogens with one attached hydrogen (secondary N) is 2. The van der Waals surface area contributed by atoms with Gasteiger partial charge >= 0.3 is 10.2 Å². The summed E-state index contributed by atoms with van der Waals surface area (Å²) >= 11 is 0. The molecule has 1 aliphatic heterocycles. The number of ether oxygens (including phenoxy) is 1. The van der Waals surface area contributed by atoms with Gasteiger partial charge < -0.3 is 15.4 Å². The molecule has 2 aromatic carbocycles. The van der Waals surface area contributed by atoms with Crippen molar-refractivity contribution in [1.29, 1.82) is 0 Å². The van der Waals surface area contributed by atoms with Gasteiger partial charge in [-0.15, -0.1) is 0 Å². The average Bonchev–Trinajstić information content (AvgIpc) is 3.30. The summed E-state index contributed by atoms with van der Waals surface area (Å²) in [6, 6.07) is 11.2. The lowest BCUT2D eigenvalue weighted by Gasteiger charge is -2.27. The molecule has 1 atom stereocenters. The van der Waals surface area contributed by atoms with Crippen LogP contribution in [0, 0.1) is 5.82 Å². The Bertz CT molecular complexity index is 1090. The number of carbonyl (C=O) groups is 2. The van der Waals surface area contributed by atoms with E-state index in [1.165, 1.54) is 26.2 Å². The number of amides is 2. The molecule has 0 aliphatic carbocycles. The molecule has 1 heterocycles. The number of hydrogen-bond donors (Lipinski definition) is 2. The normalized spacial score (nSPS) is 15.9. The van der Waals surface area contributed by atoms with E-state index < -0.39 is 28.5 Å². The quantitative estimate of drug-likeness (QED) is 0.573. The van der Waals surface area contributed by atoms with E-state index in [-0.39, 0.29) is 28.9 Å². The summed E-state index contributed by atoms with van der Waals surface area (Å²) in [6.07, 6.45) is 1.79. The number of hydrogen-bond acceptors (Lipinski definition) is 5. The molecule has 0 bridgehead atoms. The van der Waals surface area contributed by atoms with Crippen molar-refractivity contribution in [2.45, 2.75) is 18.9 Å². The van der Waals surface area contributed by atoms with Gasteiger partial charge in [-0.25, -0.2) is 8.70 Å². The minimum atomic E-state index is -4.05. The van der Waals surface area contributed by atoms with Crippen molar-refractivity contribution in [2.75, 3.05) is 43.4 Å². The summed E-state index contributed by atoms with van der Waals surface area (Å²) in [5, 5.41) is 5.41. The molecule has 1 aliphatic rings. The molecule has 33 heavy (non-hydrogen) atoms. The molecule has 11 heteroatoms. The van der Waals surface area contributed by atoms with Crippen molar-refractivity contribution in [3.63, 3.8) is 0 Å². The molecule has 2 amide bonds. The Balaban J connectivity index is 1.75. The second-order valence-corrected chi connectivity index (χ2v) is 9.78. The monoisotopic (exact) mass is 478 g/mol. The number of benzene rings is 2. The number of para-hydroxylation sites is 1. The highest BCUT2D eigenvalue weighted by Gasteiger charge is 2.28. The van der Waals surface area contributed by atoms with Gasteiger partial charge in [-0.05, 0) is 49.2 Å². The molecule has 0 saturated carbocycles. The summed E-state index contributed by atoms with van der Waals surface area (Å²) in [6.45, 7) is 0.464. The first-order valence-electron chi connectivity index (χ1n) is 10.4. The van der Waals surface area contributed by atoms with Crippen LogP contribution in [0.4, 0.5) is 15.8 Å². The minimum Gasteiger partial charge on any atom is -0.376 e. The summed E-state index contributed by atoms with van der Waals surface area (Å²) in [5.74, 6) is -1.57. The molecular formula is C22H27FN4O5S. The number of carbonyl (C=O) groups excluding carboxylic acids is 2. The van der Waals surface area contributed by atoms with Crippen LogP contribution in [0.3, 0.4) is 0 Å². The minimum absolute atomic E-state index is 0.0313. The van der Waals surface area contributed by atoms with Crippen molar-refractivity contribution in [1.82, 2.24) is 9.62 Å². The third-order valence-corrected chi connectivity index (χ3v) is 6.92. The Hall–Kier alpha value is -3.02. The number of halogens is 1. The Kier molecular flexibility index (Phi) is 8.01. The summed E-state index contributed by atoms with van der Waals surface area (Å²) in [4.78, 5) is 25.5. The van der Waals surface area contributed by atoms with Gasteiger partial charge in [0.05, 0.1) is 23.0 Å². The van der Waals surface area contributed by atoms with Crippen molar-refractivity contribution in [2.24, 2.45) is 0 Å². The van der Waals surface area contributed by atoms with E-state index in [2.05, 4.69) is 10.6 Å². The van der Waals surface area contributed by atoms with E-state index in [1.54, 1.807) is 24.3 Å². The van der Waals surface area contributed by atoms with Crippen LogP contribution >= 0.6 is 0 Å². The Morgan fingerprint density at radius 3 is 2.45 bits per heavy atom. The Morgan fingerprint density at radius 2 is 1.82 bits per heavy atom. The highest BCUT2D eigenvalue weighted by atomic mass is 32.2. The molecule has 178 valence electrons. The van der Waals surface area contributed by atoms with Gasteiger partial charge in [0.15, 0.2) is 0 Å². The zero-order valence-corrected chi connectivity index (χ0v) is 19.3. The van der Waals surface area contributed by atoms with Crippen LogP contribution in [-0.2, 0) is 19.7 Å². The smallest absolute Gasteiger partial charge is 0.304 e. The molecule has 3 rings (SSSR count). The number of nitrogens with zero attached hydrogens (tertiary/aromatic N) is 2. The van der Waals surface area contributed by atoms with Crippen LogP contribution in [-0.4, -0.2) is 64.4 Å². The molecule has 1 saturated heterocycles. The highest BCUT2D eigenvalue weighted by molar-refractivity contribution is 7.90. The lowest BCUT2D eigenvalue weighted by molar-refractivity contribution is -0.114. The number of anilines is 2. The van der Waals surface area contributed by atoms with Crippen molar-refractivity contribution in [3.05, 3.63) is 59.9 Å². The van der Waals surface area contributed by atoms with Crippen LogP contribution in [0.25, 0.3) is 0 Å². The van der Waals surface area contributed by atoms with Crippen molar-refractivity contribution >= 4 is 33.4 Å². The van der Waals surface area contributed by atoms with Crippen molar-refractivity contribution < 1.29 is 27.1 Å². The van der Waals surface area contributed by atoms with Gasteiger partial charge in [-0.2, -0.15) is 12.7 Å². The van der Waals surface area contributed by atoms with E-state index >= 15 is 0 Å². The van der Waals surface area contributed by atoms with Gasteiger partial charge in [0, 0.05) is 27.2 Å². The highest BCUT2D eigenvalue weighted by Crippen LogP contribution is 2.21. The lowest BCUT2D eigenvalue weighted by atomic mass is 10.1. The van der Waals surface area contributed by atoms with E-state index in [0.717, 1.165) is 33.6 Å². The first-order chi connectivity index (χ1) is 15.7. The zero-order valence-electron chi connectivity index (χ0n) is 18.5. The first-order valence-corrected chi connectivity index (χ1v) is 11.8. The molecule has 0 spiro atoms. The molecular weight excluding hydrogens is 451 g/mol. The van der Waals surface area contributed by atoms with E-state index in [9.17, 15) is 22.4 Å². The second kappa shape index (κ2) is 10.7. The fourth-order valence-electron chi connectivity index (χ4n) is 3.33. The lowest BCUT2D eigenvalue weighted by Crippen LogP contribution is -2.44. The Morgan fingerprint density at radius 1 is 1.12 bits per heavy atom. The van der Waals surface area contributed by atoms with E-state index in [4.69, 9.17) is 4.74 Å². The molecule has 9 nitrogen and oxygen atoms in total. The third kappa shape index (κ3) is 6.28. The van der Waals surface area contributed by atoms with Gasteiger partial charge in [-0.3, -0.25) is 9.59 Å². The molecule has 1 fully saturated rings. The molecule has 0 unspecified atom stereocenters. The van der Waals surface area contributed by atoms with Gasteiger partial charge in [0.1, 0.15) is 12.4 Å². The van der Waals surface area contributed by atoms with E-state index in [1.807, 2.05) is 0 Å². The van der Waals surface area contributed by atoms with Gasteiger partial charge in [-0.1, -0.05) is 12.1 Å². The number of rotatable bonds is 9. The molecule has 2 N–H and O–H groups in total. The molecule has 0 radical (unpaired) electrons. The predicted octanol–water partition coefficient (Wildman–Crippen LogP) is 1.99. The van der Waals surface area contributed by atoms with Crippen molar-refractivity contribution in [3.8, 4) is 0 Å². The van der Waals surface area contributed by atoms with Crippen LogP contribution in [0.2, 0.25) is 0 Å². The SMILES string of the molecule is CN(C)S(=O)(=O)N(CC(=O)Nc1ccccc1C(=O)NC[C@H]1CCCO1)c1ccc(F)cc1. The average molecular weight is 479 g/mol. The summed E-state index contributed by atoms with van der Waals surface area (Å²) in [7, 11) is -1.38. The molecule has 0 aromatic heterocycles. The van der Waals surface area contributed by atoms with Gasteiger partial charge in [0.25, 0.3) is 5.91 Å². The third-order valence-electron chi connectivity index (χ3n) is 5.10. The first kappa shape index (κ1) is 24.6. The topological polar surface area (TPSA) is 108 Å². The Labute approximate surface area is 192 Å². The molecule has 2 aromatic rings. The zero-order chi connectivity index (χ0) is 24.0.